The number of rotatable bonds is 10. The number of nitrogens with one attached hydrogen (secondary N) is 1. The van der Waals surface area contributed by atoms with Crippen LogP contribution in [0, 0.1) is 5.92 Å². The first-order valence-corrected chi connectivity index (χ1v) is 13.0. The zero-order chi connectivity index (χ0) is 22.4. The van der Waals surface area contributed by atoms with Crippen LogP contribution in [0.1, 0.15) is 33.1 Å². The Morgan fingerprint density at radius 3 is 2.57 bits per heavy atom. The van der Waals surface area contributed by atoms with E-state index in [9.17, 15) is 25.2 Å². The van der Waals surface area contributed by atoms with E-state index in [0.717, 1.165) is 25.8 Å². The molecule has 9 atom stereocenters. The molecule has 0 bridgehead atoms. The molecule has 0 unspecified atom stereocenters. The predicted octanol–water partition coefficient (Wildman–Crippen LogP) is -0.124. The molecule has 8 nitrogen and oxygen atoms in total. The maximum absolute atomic E-state index is 13.2. The number of thioether (sulfide) groups is 2. The van der Waals surface area contributed by atoms with Gasteiger partial charge < -0.3 is 30.5 Å². The maximum atomic E-state index is 13.2. The Labute approximate surface area is 188 Å². The Hall–Kier alpha value is -0.0700. The van der Waals surface area contributed by atoms with Gasteiger partial charge in [-0.25, -0.2) is 0 Å². The number of amides is 1. The van der Waals surface area contributed by atoms with Crippen LogP contribution in [0.15, 0.2) is 0 Å². The minimum absolute atomic E-state index is 0.00257. The predicted molar refractivity (Wildman–Crippen MR) is 121 cm³/mol. The molecule has 1 amide bonds. The number of ether oxygens (including phenoxy) is 1. The molecule has 2 fully saturated rings. The molecule has 176 valence electrons. The molecule has 2 aliphatic rings. The van der Waals surface area contributed by atoms with E-state index in [1.807, 2.05) is 14.0 Å². The van der Waals surface area contributed by atoms with Crippen molar-refractivity contribution in [1.82, 2.24) is 10.2 Å². The molecule has 0 aromatic rings. The summed E-state index contributed by atoms with van der Waals surface area (Å²) < 4.78 is 5.94. The summed E-state index contributed by atoms with van der Waals surface area (Å²) in [4.78, 5) is 15.2. The van der Waals surface area contributed by atoms with Gasteiger partial charge in [0.1, 0.15) is 29.9 Å². The lowest BCUT2D eigenvalue weighted by atomic mass is 9.92. The number of nitrogens with zero attached hydrogens (tertiary/aromatic N) is 1. The standard InChI is InChI=1S/C20H38N2O6S2/c1-5-6-12-9-13(22(3)10-12)19(27)21-14(11(2)30-8-7-23)18-16(25)15(24)17(26)20(28-18)29-4/h11-18,20,23-26H,5-10H2,1-4H3,(H,21,27)/t11-,12-,13+,14-,15+,16-,17-,18-,20-/m1/s1. The van der Waals surface area contributed by atoms with Gasteiger partial charge in [-0.2, -0.15) is 11.8 Å². The lowest BCUT2D eigenvalue weighted by Crippen LogP contribution is -2.65. The number of carbonyl (C=O) groups is 1. The summed E-state index contributed by atoms with van der Waals surface area (Å²) in [5.41, 5.74) is -0.703. The lowest BCUT2D eigenvalue weighted by molar-refractivity contribution is -0.205. The van der Waals surface area contributed by atoms with Crippen LogP contribution in [0.2, 0.25) is 0 Å². The van der Waals surface area contributed by atoms with E-state index in [0.29, 0.717) is 11.7 Å². The molecule has 10 heteroatoms. The van der Waals surface area contributed by atoms with Crippen molar-refractivity contribution in [3.63, 3.8) is 0 Å². The first-order chi connectivity index (χ1) is 14.2. The third kappa shape index (κ3) is 6.25. The minimum Gasteiger partial charge on any atom is -0.396 e. The van der Waals surface area contributed by atoms with Crippen LogP contribution in [-0.4, -0.2) is 111 Å². The van der Waals surface area contributed by atoms with E-state index in [2.05, 4.69) is 17.1 Å². The first-order valence-electron chi connectivity index (χ1n) is 10.7. The summed E-state index contributed by atoms with van der Waals surface area (Å²) in [6.07, 6.45) is -0.0490. The normalized spacial score (nSPS) is 37.1. The van der Waals surface area contributed by atoms with Crippen LogP contribution in [0.3, 0.4) is 0 Å². The smallest absolute Gasteiger partial charge is 0.237 e. The Bertz CT molecular complexity index is 543. The summed E-state index contributed by atoms with van der Waals surface area (Å²) >= 11 is 2.71. The van der Waals surface area contributed by atoms with Crippen molar-refractivity contribution in [2.24, 2.45) is 5.92 Å². The maximum Gasteiger partial charge on any atom is 0.237 e. The molecule has 2 heterocycles. The molecule has 2 aliphatic heterocycles. The van der Waals surface area contributed by atoms with Gasteiger partial charge >= 0.3 is 0 Å². The van der Waals surface area contributed by atoms with Gasteiger partial charge in [-0.3, -0.25) is 9.69 Å². The highest BCUT2D eigenvalue weighted by Gasteiger charge is 2.48. The Morgan fingerprint density at radius 2 is 1.97 bits per heavy atom. The van der Waals surface area contributed by atoms with Crippen LogP contribution >= 0.6 is 23.5 Å². The molecule has 2 saturated heterocycles. The number of aliphatic hydroxyl groups excluding tert-OH is 4. The van der Waals surface area contributed by atoms with E-state index >= 15 is 0 Å². The van der Waals surface area contributed by atoms with Gasteiger partial charge in [0.25, 0.3) is 0 Å². The summed E-state index contributed by atoms with van der Waals surface area (Å²) in [5, 5.41) is 43.3. The van der Waals surface area contributed by atoms with Gasteiger partial charge in [0.05, 0.1) is 18.7 Å². The summed E-state index contributed by atoms with van der Waals surface area (Å²) in [5.74, 6) is 0.856. The lowest BCUT2D eigenvalue weighted by Gasteiger charge is -2.44. The Balaban J connectivity index is 2.17. The second-order valence-electron chi connectivity index (χ2n) is 8.36. The van der Waals surface area contributed by atoms with Gasteiger partial charge in [-0.1, -0.05) is 20.3 Å². The fourth-order valence-corrected chi connectivity index (χ4v) is 6.05. The molecule has 30 heavy (non-hydrogen) atoms. The zero-order valence-electron chi connectivity index (χ0n) is 18.3. The largest absolute Gasteiger partial charge is 0.396 e. The van der Waals surface area contributed by atoms with E-state index in [1.54, 1.807) is 6.26 Å². The van der Waals surface area contributed by atoms with Crippen LogP contribution in [-0.2, 0) is 9.53 Å². The van der Waals surface area contributed by atoms with Crippen molar-refractivity contribution >= 4 is 29.4 Å². The molecular weight excluding hydrogens is 428 g/mol. The number of hydrogen-bond acceptors (Lipinski definition) is 9. The Kier molecular flexibility index (Phi) is 10.7. The SMILES string of the molecule is CCC[C@@H]1C[C@@H](C(=O)N[C@@H]([C@H]2O[C@H](SC)[C@H](O)[C@@H](O)[C@H]2O)[C@@H](C)SCCO)N(C)C1. The molecule has 0 aromatic carbocycles. The highest BCUT2D eigenvalue weighted by molar-refractivity contribution is 8.00. The number of likely N-dealkylation sites (tertiary alicyclic amines) is 1. The van der Waals surface area contributed by atoms with E-state index in [-0.39, 0.29) is 23.8 Å². The fourth-order valence-electron chi connectivity index (χ4n) is 4.46. The van der Waals surface area contributed by atoms with Crippen molar-refractivity contribution in [2.45, 2.75) is 80.3 Å². The molecule has 0 aromatic heterocycles. The topological polar surface area (TPSA) is 122 Å². The molecule has 0 aliphatic carbocycles. The average Bonchev–Trinajstić information content (AvgIpc) is 3.09. The van der Waals surface area contributed by atoms with E-state index in [4.69, 9.17) is 4.74 Å². The summed E-state index contributed by atoms with van der Waals surface area (Å²) in [6, 6.07) is -0.828. The van der Waals surface area contributed by atoms with E-state index < -0.39 is 35.9 Å². The molecule has 0 saturated carbocycles. The van der Waals surface area contributed by atoms with Crippen LogP contribution < -0.4 is 5.32 Å². The molecular formula is C20H38N2O6S2. The number of hydrogen-bond donors (Lipinski definition) is 5. The van der Waals surface area contributed by atoms with Gasteiger partial charge in [0.2, 0.25) is 5.91 Å². The first kappa shape index (κ1) is 26.2. The summed E-state index contributed by atoms with van der Waals surface area (Å²) in [7, 11) is 1.95. The van der Waals surface area contributed by atoms with Gasteiger partial charge in [-0.15, -0.1) is 11.8 Å². The summed E-state index contributed by atoms with van der Waals surface area (Å²) in [6.45, 7) is 4.94. The molecule has 5 N–H and O–H groups in total. The number of carbonyl (C=O) groups excluding carboxylic acids is 1. The van der Waals surface area contributed by atoms with Crippen LogP contribution in [0.5, 0.6) is 0 Å². The van der Waals surface area contributed by atoms with Crippen molar-refractivity contribution in [1.29, 1.82) is 0 Å². The second-order valence-corrected chi connectivity index (χ2v) is 10.8. The average molecular weight is 467 g/mol. The fraction of sp³-hybridized carbons (Fsp3) is 0.950. The van der Waals surface area contributed by atoms with Crippen molar-refractivity contribution in [3.05, 3.63) is 0 Å². The second kappa shape index (κ2) is 12.2. The van der Waals surface area contributed by atoms with Crippen LogP contribution in [0.25, 0.3) is 0 Å². The minimum atomic E-state index is -1.36. The number of aliphatic hydroxyl groups is 4. The quantitative estimate of drug-likeness (QED) is 0.300. The highest BCUT2D eigenvalue weighted by atomic mass is 32.2. The molecule has 0 spiro atoms. The van der Waals surface area contributed by atoms with Gasteiger partial charge in [0.15, 0.2) is 0 Å². The van der Waals surface area contributed by atoms with Crippen molar-refractivity contribution < 1.29 is 30.0 Å². The van der Waals surface area contributed by atoms with Gasteiger partial charge in [-0.05, 0) is 32.1 Å². The monoisotopic (exact) mass is 466 g/mol. The molecule has 0 radical (unpaired) electrons. The van der Waals surface area contributed by atoms with Gasteiger partial charge in [0, 0.05) is 17.5 Å². The van der Waals surface area contributed by atoms with Crippen molar-refractivity contribution in [3.8, 4) is 0 Å². The molecule has 2 rings (SSSR count). The van der Waals surface area contributed by atoms with Crippen molar-refractivity contribution in [2.75, 3.05) is 32.2 Å². The highest BCUT2D eigenvalue weighted by Crippen LogP contribution is 2.32. The third-order valence-corrected chi connectivity index (χ3v) is 8.21. The number of likely N-dealkylation sites (N-methyl/N-ethyl adjacent to an activating group) is 1. The third-order valence-electron chi connectivity index (χ3n) is 6.11. The zero-order valence-corrected chi connectivity index (χ0v) is 19.9. The van der Waals surface area contributed by atoms with Crippen LogP contribution in [0.4, 0.5) is 0 Å². The Morgan fingerprint density at radius 1 is 1.27 bits per heavy atom. The van der Waals surface area contributed by atoms with E-state index in [1.165, 1.54) is 23.5 Å².